The fourth-order valence-electron chi connectivity index (χ4n) is 4.54. The first kappa shape index (κ1) is 23.6. The first-order chi connectivity index (χ1) is 14.7. The molecule has 6 heteroatoms. The van der Waals surface area contributed by atoms with Gasteiger partial charge in [0.2, 0.25) is 5.91 Å². The second-order valence-corrected chi connectivity index (χ2v) is 10.1. The Kier molecular flexibility index (Phi) is 7.98. The summed E-state index contributed by atoms with van der Waals surface area (Å²) in [7, 11) is 0. The first-order valence-electron chi connectivity index (χ1n) is 11.7. The van der Waals surface area contributed by atoms with Gasteiger partial charge >= 0.3 is 6.09 Å². The molecule has 1 aliphatic heterocycles. The van der Waals surface area contributed by atoms with Crippen LogP contribution in [0, 0.1) is 11.8 Å². The van der Waals surface area contributed by atoms with E-state index < -0.39 is 17.7 Å². The van der Waals surface area contributed by atoms with Crippen molar-refractivity contribution < 1.29 is 19.1 Å². The van der Waals surface area contributed by atoms with E-state index in [0.29, 0.717) is 11.8 Å². The van der Waals surface area contributed by atoms with Gasteiger partial charge in [-0.05, 0) is 81.9 Å². The lowest BCUT2D eigenvalue weighted by Gasteiger charge is -2.33. The number of hydrogen-bond donors (Lipinski definition) is 2. The van der Waals surface area contributed by atoms with E-state index in [4.69, 9.17) is 9.47 Å². The van der Waals surface area contributed by atoms with Crippen molar-refractivity contribution in [3.8, 4) is 0 Å². The molecule has 1 saturated heterocycles. The van der Waals surface area contributed by atoms with E-state index in [2.05, 4.69) is 29.7 Å². The third kappa shape index (κ3) is 7.23. The lowest BCUT2D eigenvalue weighted by atomic mass is 9.79. The summed E-state index contributed by atoms with van der Waals surface area (Å²) in [6.45, 7) is 9.33. The molecule has 0 unspecified atom stereocenters. The molecule has 1 saturated carbocycles. The molecular weight excluding hydrogens is 392 g/mol. The normalized spacial score (nSPS) is 23.6. The Labute approximate surface area is 186 Å². The van der Waals surface area contributed by atoms with E-state index in [1.807, 2.05) is 32.9 Å². The highest BCUT2D eigenvalue weighted by Gasteiger charge is 2.33. The number of benzene rings is 1. The molecule has 1 atom stereocenters. The topological polar surface area (TPSA) is 76.7 Å². The predicted molar refractivity (Wildman–Crippen MR) is 122 cm³/mol. The summed E-state index contributed by atoms with van der Waals surface area (Å²) in [4.78, 5) is 25.6. The maximum atomic E-state index is 13.2. The Balaban J connectivity index is 1.66. The summed E-state index contributed by atoms with van der Waals surface area (Å²) in [5, 5.41) is 5.87. The zero-order chi connectivity index (χ0) is 22.4. The van der Waals surface area contributed by atoms with Gasteiger partial charge in [0.25, 0.3) is 0 Å². The van der Waals surface area contributed by atoms with Gasteiger partial charge in [-0.1, -0.05) is 31.9 Å². The zero-order valence-electron chi connectivity index (χ0n) is 19.4. The van der Waals surface area contributed by atoms with Crippen molar-refractivity contribution in [2.75, 3.05) is 18.5 Å². The van der Waals surface area contributed by atoms with Crippen LogP contribution in [0.1, 0.15) is 77.7 Å². The van der Waals surface area contributed by atoms with Crippen LogP contribution in [0.3, 0.4) is 0 Å². The van der Waals surface area contributed by atoms with Crippen molar-refractivity contribution >= 4 is 17.7 Å². The van der Waals surface area contributed by atoms with Crippen LogP contribution in [0.15, 0.2) is 24.3 Å². The number of anilines is 1. The van der Waals surface area contributed by atoms with E-state index in [-0.39, 0.29) is 11.8 Å². The highest BCUT2D eigenvalue weighted by Crippen LogP contribution is 2.32. The molecule has 6 nitrogen and oxygen atoms in total. The quantitative estimate of drug-likeness (QED) is 0.670. The molecule has 1 aliphatic carbocycles. The summed E-state index contributed by atoms with van der Waals surface area (Å²) in [5.41, 5.74) is 1.43. The van der Waals surface area contributed by atoms with Gasteiger partial charge in [0, 0.05) is 18.9 Å². The van der Waals surface area contributed by atoms with Crippen LogP contribution >= 0.6 is 0 Å². The van der Waals surface area contributed by atoms with Crippen LogP contribution in [0.2, 0.25) is 0 Å². The smallest absolute Gasteiger partial charge is 0.408 e. The molecule has 0 spiro atoms. The number of rotatable bonds is 5. The number of amides is 2. The zero-order valence-corrected chi connectivity index (χ0v) is 19.4. The Morgan fingerprint density at radius 1 is 1.00 bits per heavy atom. The molecule has 0 bridgehead atoms. The number of hydrogen-bond acceptors (Lipinski definition) is 4. The van der Waals surface area contributed by atoms with Gasteiger partial charge in [-0.25, -0.2) is 4.79 Å². The van der Waals surface area contributed by atoms with Gasteiger partial charge in [0.15, 0.2) is 0 Å². The number of carbonyl (C=O) groups excluding carboxylic acids is 2. The number of carbonyl (C=O) groups is 2. The first-order valence-corrected chi connectivity index (χ1v) is 11.7. The predicted octanol–water partition coefficient (Wildman–Crippen LogP) is 5.24. The van der Waals surface area contributed by atoms with E-state index in [1.54, 1.807) is 0 Å². The summed E-state index contributed by atoms with van der Waals surface area (Å²) < 4.78 is 10.9. The van der Waals surface area contributed by atoms with Crippen molar-refractivity contribution in [2.24, 2.45) is 11.8 Å². The van der Waals surface area contributed by atoms with Crippen LogP contribution < -0.4 is 10.6 Å². The molecule has 2 N–H and O–H groups in total. The highest BCUT2D eigenvalue weighted by molar-refractivity contribution is 5.96. The van der Waals surface area contributed by atoms with E-state index >= 15 is 0 Å². The summed E-state index contributed by atoms with van der Waals surface area (Å²) in [6, 6.07) is 7.48. The number of alkyl carbamates (subject to hydrolysis) is 1. The molecule has 2 fully saturated rings. The maximum Gasteiger partial charge on any atom is 0.408 e. The second-order valence-electron chi connectivity index (χ2n) is 10.1. The van der Waals surface area contributed by atoms with Gasteiger partial charge in [-0.15, -0.1) is 0 Å². The van der Waals surface area contributed by atoms with Crippen molar-refractivity contribution in [2.45, 2.75) is 83.8 Å². The van der Waals surface area contributed by atoms with Crippen molar-refractivity contribution in [1.29, 1.82) is 0 Å². The monoisotopic (exact) mass is 430 g/mol. The van der Waals surface area contributed by atoms with Crippen LogP contribution in [-0.4, -0.2) is 36.9 Å². The minimum absolute atomic E-state index is 0.116. The van der Waals surface area contributed by atoms with E-state index in [9.17, 15) is 9.59 Å². The summed E-state index contributed by atoms with van der Waals surface area (Å²) in [6.07, 6.45) is 5.53. The van der Waals surface area contributed by atoms with Gasteiger partial charge in [-0.3, -0.25) is 4.79 Å². The molecule has 172 valence electrons. The minimum Gasteiger partial charge on any atom is -0.444 e. The minimum atomic E-state index is -0.605. The Hall–Kier alpha value is -2.08. The van der Waals surface area contributed by atoms with E-state index in [0.717, 1.165) is 57.4 Å². The molecule has 31 heavy (non-hydrogen) atoms. The lowest BCUT2D eigenvalue weighted by molar-refractivity contribution is -0.119. The van der Waals surface area contributed by atoms with Crippen molar-refractivity contribution in [1.82, 2.24) is 5.32 Å². The highest BCUT2D eigenvalue weighted by atomic mass is 16.6. The van der Waals surface area contributed by atoms with Crippen LogP contribution in [0.4, 0.5) is 10.5 Å². The molecule has 1 aromatic rings. The van der Waals surface area contributed by atoms with Crippen molar-refractivity contribution in [3.63, 3.8) is 0 Å². The van der Waals surface area contributed by atoms with Gasteiger partial charge in [0.05, 0.1) is 0 Å². The molecule has 3 rings (SSSR count). The van der Waals surface area contributed by atoms with Crippen LogP contribution in [0.5, 0.6) is 0 Å². The average Bonchev–Trinajstić information content (AvgIpc) is 2.73. The third-order valence-corrected chi connectivity index (χ3v) is 6.36. The molecule has 2 aliphatic rings. The third-order valence-electron chi connectivity index (χ3n) is 6.36. The molecule has 1 heterocycles. The standard InChI is InChI=1S/C25H38N2O4/c1-17-5-7-20(8-6-17)22(27-24(29)31-25(2,3)4)23(28)26-21-11-9-18(10-12-21)19-13-15-30-16-14-19/h9-12,17,19-20,22H,5-8,13-16H2,1-4H3,(H,26,28)(H,27,29)/t17-,20-,22-/m0/s1. The largest absolute Gasteiger partial charge is 0.444 e. The van der Waals surface area contributed by atoms with E-state index in [1.165, 1.54) is 5.56 Å². The molecule has 1 aromatic carbocycles. The summed E-state index contributed by atoms with van der Waals surface area (Å²) in [5.74, 6) is 1.12. The average molecular weight is 431 g/mol. The fourth-order valence-corrected chi connectivity index (χ4v) is 4.54. The molecule has 2 amide bonds. The SMILES string of the molecule is CC(C)(C)OC(=O)N[C@H](C(=O)Nc1ccc(C2CCOCC2)cc1)[C@H]1CC[C@H](C)CC1. The summed E-state index contributed by atoms with van der Waals surface area (Å²) >= 11 is 0. The fraction of sp³-hybridized carbons (Fsp3) is 0.680. The van der Waals surface area contributed by atoms with Gasteiger partial charge in [0.1, 0.15) is 11.6 Å². The number of nitrogens with one attached hydrogen (secondary N) is 2. The van der Waals surface area contributed by atoms with Gasteiger partial charge < -0.3 is 20.1 Å². The van der Waals surface area contributed by atoms with Crippen LogP contribution in [-0.2, 0) is 14.3 Å². The Bertz CT molecular complexity index is 727. The maximum absolute atomic E-state index is 13.2. The van der Waals surface area contributed by atoms with Crippen molar-refractivity contribution in [3.05, 3.63) is 29.8 Å². The number of ether oxygens (including phenoxy) is 2. The Morgan fingerprint density at radius 3 is 2.19 bits per heavy atom. The molecule has 0 aromatic heterocycles. The lowest BCUT2D eigenvalue weighted by Crippen LogP contribution is -2.50. The van der Waals surface area contributed by atoms with Gasteiger partial charge in [-0.2, -0.15) is 0 Å². The second kappa shape index (κ2) is 10.5. The Morgan fingerprint density at radius 2 is 1.61 bits per heavy atom. The molecular formula is C25H38N2O4. The molecule has 0 radical (unpaired) electrons. The van der Waals surface area contributed by atoms with Crippen LogP contribution in [0.25, 0.3) is 0 Å².